The molecule has 1 aromatic heterocycles. The van der Waals surface area contributed by atoms with Crippen LogP contribution in [0.5, 0.6) is 0 Å². The van der Waals surface area contributed by atoms with Gasteiger partial charge in [-0.05, 0) is 12.1 Å². The SMILES string of the molecule is CN(C)c1ccc(N2CCN(S(=O)(=O)N(C)C)CC2)nn1. The van der Waals surface area contributed by atoms with Crippen LogP contribution in [0.15, 0.2) is 12.1 Å². The Labute approximate surface area is 126 Å². The van der Waals surface area contributed by atoms with E-state index in [1.165, 1.54) is 8.61 Å². The molecule has 2 rings (SSSR count). The van der Waals surface area contributed by atoms with Crippen LogP contribution in [-0.2, 0) is 10.2 Å². The van der Waals surface area contributed by atoms with Crippen LogP contribution < -0.4 is 9.80 Å². The zero-order chi connectivity index (χ0) is 15.6. The Hall–Kier alpha value is -1.45. The maximum absolute atomic E-state index is 12.0. The molecule has 0 atom stereocenters. The van der Waals surface area contributed by atoms with Crippen LogP contribution >= 0.6 is 0 Å². The van der Waals surface area contributed by atoms with Gasteiger partial charge in [0.1, 0.15) is 0 Å². The maximum Gasteiger partial charge on any atom is 0.281 e. The van der Waals surface area contributed by atoms with Gasteiger partial charge >= 0.3 is 0 Å². The summed E-state index contributed by atoms with van der Waals surface area (Å²) in [6.07, 6.45) is 0. The fourth-order valence-electron chi connectivity index (χ4n) is 2.10. The third kappa shape index (κ3) is 3.42. The number of nitrogens with zero attached hydrogens (tertiary/aromatic N) is 6. The van der Waals surface area contributed by atoms with Crippen LogP contribution in [0.1, 0.15) is 0 Å². The van der Waals surface area contributed by atoms with Gasteiger partial charge in [-0.2, -0.15) is 17.0 Å². The molecule has 0 aromatic carbocycles. The minimum Gasteiger partial charge on any atom is -0.361 e. The van der Waals surface area contributed by atoms with Gasteiger partial charge in [0, 0.05) is 54.4 Å². The first-order valence-corrected chi connectivity index (χ1v) is 8.15. The number of anilines is 2. The lowest BCUT2D eigenvalue weighted by molar-refractivity contribution is 0.354. The highest BCUT2D eigenvalue weighted by atomic mass is 32.2. The topological polar surface area (TPSA) is 72.9 Å². The Morgan fingerprint density at radius 2 is 1.62 bits per heavy atom. The van der Waals surface area contributed by atoms with E-state index in [0.717, 1.165) is 11.6 Å². The second kappa shape index (κ2) is 6.12. The lowest BCUT2D eigenvalue weighted by Crippen LogP contribution is -2.51. The molecule has 118 valence electrons. The van der Waals surface area contributed by atoms with Gasteiger partial charge in [0.05, 0.1) is 0 Å². The van der Waals surface area contributed by atoms with Crippen molar-refractivity contribution < 1.29 is 8.42 Å². The predicted molar refractivity (Wildman–Crippen MR) is 82.8 cm³/mol. The average molecular weight is 314 g/mol. The molecule has 0 N–H and O–H groups in total. The summed E-state index contributed by atoms with van der Waals surface area (Å²) in [6.45, 7) is 2.14. The van der Waals surface area contributed by atoms with Crippen LogP contribution in [0, 0.1) is 0 Å². The lowest BCUT2D eigenvalue weighted by Gasteiger charge is -2.35. The molecule has 0 aliphatic carbocycles. The third-order valence-corrected chi connectivity index (χ3v) is 5.39. The summed E-state index contributed by atoms with van der Waals surface area (Å²) in [7, 11) is 3.59. The summed E-state index contributed by atoms with van der Waals surface area (Å²) in [5.74, 6) is 1.58. The predicted octanol–water partition coefficient (Wildman–Crippen LogP) is -0.529. The highest BCUT2D eigenvalue weighted by Crippen LogP contribution is 2.17. The van der Waals surface area contributed by atoms with Gasteiger partial charge in [-0.15, -0.1) is 10.2 Å². The molecule has 1 aromatic rings. The molecule has 9 heteroatoms. The van der Waals surface area contributed by atoms with Crippen molar-refractivity contribution in [3.05, 3.63) is 12.1 Å². The van der Waals surface area contributed by atoms with Gasteiger partial charge in [-0.25, -0.2) is 0 Å². The molecule has 0 radical (unpaired) electrons. The second-order valence-corrected chi connectivity index (χ2v) is 7.46. The molecule has 21 heavy (non-hydrogen) atoms. The molecule has 1 aliphatic rings. The second-order valence-electron chi connectivity index (χ2n) is 5.32. The number of hydrogen-bond donors (Lipinski definition) is 0. The van der Waals surface area contributed by atoms with E-state index in [0.29, 0.717) is 26.2 Å². The summed E-state index contributed by atoms with van der Waals surface area (Å²) in [5.41, 5.74) is 0. The van der Waals surface area contributed by atoms with Crippen molar-refractivity contribution in [1.82, 2.24) is 18.8 Å². The van der Waals surface area contributed by atoms with E-state index in [1.54, 1.807) is 14.1 Å². The molecule has 1 fully saturated rings. The van der Waals surface area contributed by atoms with Gasteiger partial charge in [-0.3, -0.25) is 0 Å². The third-order valence-electron chi connectivity index (χ3n) is 3.44. The van der Waals surface area contributed by atoms with Crippen molar-refractivity contribution in [3.63, 3.8) is 0 Å². The van der Waals surface area contributed by atoms with Crippen LogP contribution in [0.25, 0.3) is 0 Å². The monoisotopic (exact) mass is 314 g/mol. The first-order chi connectivity index (χ1) is 9.82. The van der Waals surface area contributed by atoms with E-state index in [1.807, 2.05) is 36.0 Å². The largest absolute Gasteiger partial charge is 0.361 e. The zero-order valence-electron chi connectivity index (χ0n) is 12.9. The van der Waals surface area contributed by atoms with Crippen LogP contribution in [-0.4, -0.2) is 81.6 Å². The summed E-state index contributed by atoms with van der Waals surface area (Å²) in [6, 6.07) is 3.82. The fraction of sp³-hybridized carbons (Fsp3) is 0.667. The van der Waals surface area contributed by atoms with Gasteiger partial charge in [0.15, 0.2) is 11.6 Å². The van der Waals surface area contributed by atoms with E-state index in [4.69, 9.17) is 0 Å². The van der Waals surface area contributed by atoms with Crippen molar-refractivity contribution >= 4 is 21.8 Å². The molecule has 0 unspecified atom stereocenters. The first-order valence-electron chi connectivity index (χ1n) is 6.76. The van der Waals surface area contributed by atoms with Crippen molar-refractivity contribution in [2.45, 2.75) is 0 Å². The normalized spacial score (nSPS) is 17.3. The molecule has 0 saturated carbocycles. The van der Waals surface area contributed by atoms with Gasteiger partial charge in [0.2, 0.25) is 0 Å². The Balaban J connectivity index is 2.01. The molecular formula is C12H22N6O2S. The fourth-order valence-corrected chi connectivity index (χ4v) is 3.19. The van der Waals surface area contributed by atoms with E-state index < -0.39 is 10.2 Å². The summed E-state index contributed by atoms with van der Waals surface area (Å²) < 4.78 is 26.8. The van der Waals surface area contributed by atoms with Crippen molar-refractivity contribution in [2.75, 3.05) is 64.2 Å². The highest BCUT2D eigenvalue weighted by Gasteiger charge is 2.28. The van der Waals surface area contributed by atoms with E-state index >= 15 is 0 Å². The summed E-state index contributed by atoms with van der Waals surface area (Å²) >= 11 is 0. The molecule has 0 bridgehead atoms. The van der Waals surface area contributed by atoms with Crippen LogP contribution in [0.3, 0.4) is 0 Å². The molecule has 1 aliphatic heterocycles. The minimum absolute atomic E-state index is 0.456. The Kier molecular flexibility index (Phi) is 4.64. The van der Waals surface area contributed by atoms with Crippen molar-refractivity contribution in [3.8, 4) is 0 Å². The molecule has 8 nitrogen and oxygen atoms in total. The van der Waals surface area contributed by atoms with E-state index in [9.17, 15) is 8.42 Å². The number of rotatable bonds is 4. The molecular weight excluding hydrogens is 292 g/mol. The number of piperazine rings is 1. The Morgan fingerprint density at radius 3 is 2.05 bits per heavy atom. The summed E-state index contributed by atoms with van der Waals surface area (Å²) in [5, 5.41) is 8.35. The first kappa shape index (κ1) is 15.9. The number of aromatic nitrogens is 2. The molecule has 1 saturated heterocycles. The smallest absolute Gasteiger partial charge is 0.281 e. The van der Waals surface area contributed by atoms with E-state index in [2.05, 4.69) is 10.2 Å². The molecule has 0 spiro atoms. The van der Waals surface area contributed by atoms with Crippen molar-refractivity contribution in [2.24, 2.45) is 0 Å². The molecule has 0 amide bonds. The Morgan fingerprint density at radius 1 is 1.00 bits per heavy atom. The zero-order valence-corrected chi connectivity index (χ0v) is 13.7. The van der Waals surface area contributed by atoms with E-state index in [-0.39, 0.29) is 0 Å². The Bertz CT molecular complexity index is 564. The molecule has 2 heterocycles. The summed E-state index contributed by atoms with van der Waals surface area (Å²) in [4.78, 5) is 3.94. The standard InChI is InChI=1S/C12H22N6O2S/c1-15(2)11-5-6-12(14-13-11)17-7-9-18(10-8-17)21(19,20)16(3)4/h5-6H,7-10H2,1-4H3. The van der Waals surface area contributed by atoms with Crippen LogP contribution in [0.2, 0.25) is 0 Å². The number of hydrogen-bond acceptors (Lipinski definition) is 6. The van der Waals surface area contributed by atoms with Gasteiger partial charge in [0.25, 0.3) is 10.2 Å². The van der Waals surface area contributed by atoms with Gasteiger partial charge < -0.3 is 9.80 Å². The lowest BCUT2D eigenvalue weighted by atomic mass is 10.3. The highest BCUT2D eigenvalue weighted by molar-refractivity contribution is 7.86. The maximum atomic E-state index is 12.0. The van der Waals surface area contributed by atoms with Crippen molar-refractivity contribution in [1.29, 1.82) is 0 Å². The van der Waals surface area contributed by atoms with Gasteiger partial charge in [-0.1, -0.05) is 0 Å². The average Bonchev–Trinajstić information content (AvgIpc) is 2.47. The minimum atomic E-state index is -3.33. The quantitative estimate of drug-likeness (QED) is 0.744. The van der Waals surface area contributed by atoms with Crippen LogP contribution in [0.4, 0.5) is 11.6 Å².